The van der Waals surface area contributed by atoms with Gasteiger partial charge in [-0.2, -0.15) is 4.98 Å². The summed E-state index contributed by atoms with van der Waals surface area (Å²) in [5, 5.41) is 14.4. The molecule has 0 saturated carbocycles. The van der Waals surface area contributed by atoms with Crippen molar-refractivity contribution >= 4 is 52.6 Å². The van der Waals surface area contributed by atoms with Crippen LogP contribution >= 0.6 is 34.9 Å². The molecule has 0 unspecified atom stereocenters. The fraction of sp³-hybridized carbons (Fsp3) is 0.409. The number of thiophene rings is 1. The molecule has 2 N–H and O–H groups in total. The largest absolute Gasteiger partial charge is 0.477 e. The first-order chi connectivity index (χ1) is 16.9. The van der Waals surface area contributed by atoms with Gasteiger partial charge in [0.1, 0.15) is 28.7 Å². The minimum atomic E-state index is -1.20. The summed E-state index contributed by atoms with van der Waals surface area (Å²) in [6.45, 7) is 2.43. The number of unbranched alkanes of at least 4 members (excludes halogenated alkanes) is 1. The molecule has 0 radical (unpaired) electrons. The topological polar surface area (TPSA) is 131 Å². The first-order valence-corrected chi connectivity index (χ1v) is 13.9. The summed E-state index contributed by atoms with van der Waals surface area (Å²) in [7, 11) is 0. The lowest BCUT2D eigenvalue weighted by Gasteiger charge is -2.49. The van der Waals surface area contributed by atoms with Crippen LogP contribution in [0.2, 0.25) is 0 Å². The van der Waals surface area contributed by atoms with Crippen molar-refractivity contribution in [2.24, 2.45) is 0 Å². The summed E-state index contributed by atoms with van der Waals surface area (Å²) in [5.41, 5.74) is -0.0486. The van der Waals surface area contributed by atoms with E-state index in [1.165, 1.54) is 46.0 Å². The molecule has 4 rings (SSSR count). The predicted octanol–water partition coefficient (Wildman–Crippen LogP) is 1.61. The molecule has 0 aromatic carbocycles. The summed E-state index contributed by atoms with van der Waals surface area (Å²) in [5.74, 6) is -1.26. The van der Waals surface area contributed by atoms with E-state index in [0.717, 1.165) is 22.4 Å². The molecule has 13 heteroatoms. The zero-order valence-electron chi connectivity index (χ0n) is 18.8. The summed E-state index contributed by atoms with van der Waals surface area (Å²) in [4.78, 5) is 60.8. The third kappa shape index (κ3) is 5.73. The van der Waals surface area contributed by atoms with E-state index < -0.39 is 29.0 Å². The van der Waals surface area contributed by atoms with Gasteiger partial charge in [-0.05, 0) is 29.5 Å². The van der Waals surface area contributed by atoms with Gasteiger partial charge in [-0.3, -0.25) is 14.5 Å². The molecule has 2 amide bonds. The molecule has 35 heavy (non-hydrogen) atoms. The molecule has 2 aliphatic rings. The van der Waals surface area contributed by atoms with E-state index >= 15 is 0 Å². The number of aromatic nitrogens is 2. The highest BCUT2D eigenvalue weighted by atomic mass is 32.2. The molecule has 2 aliphatic heterocycles. The zero-order chi connectivity index (χ0) is 24.9. The highest BCUT2D eigenvalue weighted by Crippen LogP contribution is 2.41. The molecule has 0 aliphatic carbocycles. The molecule has 2 atom stereocenters. The fourth-order valence-electron chi connectivity index (χ4n) is 3.61. The number of thioether (sulfide) groups is 2. The molecule has 2 aromatic rings. The number of fused-ring (bicyclic) bond motifs is 1. The van der Waals surface area contributed by atoms with Crippen LogP contribution in [0.5, 0.6) is 0 Å². The van der Waals surface area contributed by atoms with Gasteiger partial charge >= 0.3 is 11.7 Å². The van der Waals surface area contributed by atoms with Gasteiger partial charge in [-0.25, -0.2) is 9.59 Å². The molecule has 0 bridgehead atoms. The number of nitrogens with zero attached hydrogens (tertiary/aromatic N) is 3. The van der Waals surface area contributed by atoms with Crippen molar-refractivity contribution in [1.82, 2.24) is 19.9 Å². The smallest absolute Gasteiger partial charge is 0.381 e. The van der Waals surface area contributed by atoms with Crippen LogP contribution in [-0.4, -0.2) is 67.0 Å². The van der Waals surface area contributed by atoms with Crippen molar-refractivity contribution < 1.29 is 24.3 Å². The van der Waals surface area contributed by atoms with Crippen LogP contribution in [0.25, 0.3) is 0 Å². The van der Waals surface area contributed by atoms with Gasteiger partial charge in [-0.1, -0.05) is 19.4 Å². The quantitative estimate of drug-likeness (QED) is 0.190. The van der Waals surface area contributed by atoms with Crippen molar-refractivity contribution in [1.29, 1.82) is 0 Å². The van der Waals surface area contributed by atoms with E-state index in [2.05, 4.69) is 10.3 Å². The highest BCUT2D eigenvalue weighted by molar-refractivity contribution is 8.01. The standard InChI is InChI=1S/C22H24N4O6S3/c1-2-3-8-32-25-7-6-16(24-22(25)31)34-11-13-12-35-20-17(19(28)26(20)18(13)21(29)30)23-15(27)10-14-5-4-9-33-14/h4-7,9,17,20H,2-3,8,10-12H2,1H3,(H,23,27)(H,29,30)/t17-,20-/m1/s1. The highest BCUT2D eigenvalue weighted by Gasteiger charge is 2.54. The molecular weight excluding hydrogens is 512 g/mol. The molecule has 2 aromatic heterocycles. The Labute approximate surface area is 213 Å². The number of amides is 2. The average molecular weight is 537 g/mol. The van der Waals surface area contributed by atoms with Crippen LogP contribution < -0.4 is 15.8 Å². The van der Waals surface area contributed by atoms with Gasteiger partial charge < -0.3 is 15.3 Å². The van der Waals surface area contributed by atoms with Gasteiger partial charge in [0, 0.05) is 16.4 Å². The Morgan fingerprint density at radius 1 is 1.34 bits per heavy atom. The summed E-state index contributed by atoms with van der Waals surface area (Å²) in [6.07, 6.45) is 3.44. The van der Waals surface area contributed by atoms with E-state index in [0.29, 0.717) is 23.0 Å². The Morgan fingerprint density at radius 2 is 2.17 bits per heavy atom. The van der Waals surface area contributed by atoms with E-state index in [4.69, 9.17) is 4.84 Å². The average Bonchev–Trinajstić information content (AvgIpc) is 3.34. The maximum Gasteiger partial charge on any atom is 0.381 e. The number of hydrogen-bond acceptors (Lipinski definition) is 9. The number of aliphatic carboxylic acids is 1. The van der Waals surface area contributed by atoms with Crippen molar-refractivity contribution in [2.75, 3.05) is 18.1 Å². The summed E-state index contributed by atoms with van der Waals surface area (Å²) >= 11 is 4.09. The Bertz CT molecular complexity index is 1200. The van der Waals surface area contributed by atoms with Crippen LogP contribution in [0.4, 0.5) is 0 Å². The number of carbonyl (C=O) groups excluding carboxylic acids is 2. The fourth-order valence-corrected chi connectivity index (χ4v) is 6.65. The van der Waals surface area contributed by atoms with Crippen LogP contribution in [0.1, 0.15) is 24.6 Å². The number of carboxylic acid groups (broad SMARTS) is 1. The summed E-state index contributed by atoms with van der Waals surface area (Å²) in [6, 6.07) is 4.58. The monoisotopic (exact) mass is 536 g/mol. The second-order valence-electron chi connectivity index (χ2n) is 7.82. The van der Waals surface area contributed by atoms with Crippen LogP contribution in [0.15, 0.2) is 50.9 Å². The number of carboxylic acids is 1. The second kappa shape index (κ2) is 11.3. The lowest BCUT2D eigenvalue weighted by molar-refractivity contribution is -0.150. The summed E-state index contributed by atoms with van der Waals surface area (Å²) < 4.78 is 1.08. The number of hydrogen-bond donors (Lipinski definition) is 2. The molecule has 1 saturated heterocycles. The molecule has 186 valence electrons. The lowest BCUT2D eigenvalue weighted by atomic mass is 10.0. The number of rotatable bonds is 11. The molecule has 1 fully saturated rings. The van der Waals surface area contributed by atoms with Crippen LogP contribution in [0.3, 0.4) is 0 Å². The normalized spacial score (nSPS) is 19.2. The predicted molar refractivity (Wildman–Crippen MR) is 133 cm³/mol. The Hall–Kier alpha value is -2.77. The van der Waals surface area contributed by atoms with E-state index in [-0.39, 0.29) is 23.8 Å². The van der Waals surface area contributed by atoms with Crippen molar-refractivity contribution in [3.05, 3.63) is 56.4 Å². The zero-order valence-corrected chi connectivity index (χ0v) is 21.3. The van der Waals surface area contributed by atoms with Gasteiger partial charge in [0.25, 0.3) is 5.91 Å². The second-order valence-corrected chi connectivity index (χ2v) is 11.0. The Balaban J connectivity index is 1.40. The van der Waals surface area contributed by atoms with Crippen molar-refractivity contribution in [2.45, 2.75) is 42.6 Å². The minimum absolute atomic E-state index is 0.0637. The third-order valence-electron chi connectivity index (χ3n) is 5.35. The number of carbonyl (C=O) groups is 3. The van der Waals surface area contributed by atoms with Gasteiger partial charge in [0.15, 0.2) is 0 Å². The van der Waals surface area contributed by atoms with Crippen LogP contribution in [-0.2, 0) is 20.8 Å². The number of β-lactam (4-membered cyclic amide) rings is 1. The van der Waals surface area contributed by atoms with Crippen molar-refractivity contribution in [3.8, 4) is 0 Å². The molecule has 0 spiro atoms. The maximum atomic E-state index is 12.8. The number of nitrogens with one attached hydrogen (secondary N) is 1. The van der Waals surface area contributed by atoms with Gasteiger partial charge in [0.05, 0.1) is 12.6 Å². The minimum Gasteiger partial charge on any atom is -0.477 e. The Kier molecular flexibility index (Phi) is 8.19. The lowest BCUT2D eigenvalue weighted by Crippen LogP contribution is -2.70. The van der Waals surface area contributed by atoms with Crippen molar-refractivity contribution in [3.63, 3.8) is 0 Å². The molecular formula is C22H24N4O6S3. The van der Waals surface area contributed by atoms with E-state index in [1.807, 2.05) is 24.4 Å². The van der Waals surface area contributed by atoms with Gasteiger partial charge in [-0.15, -0.1) is 39.6 Å². The van der Waals surface area contributed by atoms with Gasteiger partial charge in [0.2, 0.25) is 5.91 Å². The molecule has 4 heterocycles. The Morgan fingerprint density at radius 3 is 2.86 bits per heavy atom. The van der Waals surface area contributed by atoms with E-state index in [1.54, 1.807) is 6.07 Å². The SMILES string of the molecule is CCCCOn1ccc(SCC2=C(C(=O)O)N3C(=O)[C@@H](NC(=O)Cc4cccs4)[C@H]3SC2)nc1=O. The first kappa shape index (κ1) is 25.3. The van der Waals surface area contributed by atoms with E-state index in [9.17, 15) is 24.3 Å². The maximum absolute atomic E-state index is 12.8. The third-order valence-corrected chi connectivity index (χ3v) is 8.58. The van der Waals surface area contributed by atoms with Crippen LogP contribution in [0, 0.1) is 0 Å². The molecule has 10 nitrogen and oxygen atoms in total. The first-order valence-electron chi connectivity index (χ1n) is 11.0.